The number of aryl methyl sites for hydroxylation is 1. The maximum atomic E-state index is 5.55. The molecule has 0 saturated heterocycles. The largest absolute Gasteiger partial charge is 0.475 e. The van der Waals surface area contributed by atoms with E-state index in [1.807, 2.05) is 33.8 Å². The van der Waals surface area contributed by atoms with E-state index in [0.717, 1.165) is 24.6 Å². The van der Waals surface area contributed by atoms with Crippen LogP contribution in [0.2, 0.25) is 0 Å². The highest BCUT2D eigenvalue weighted by atomic mass is 16.5. The molecular weight excluding hydrogens is 190 g/mol. The molecule has 0 fully saturated rings. The topological polar surface area (TPSA) is 47.0 Å². The highest BCUT2D eigenvalue weighted by molar-refractivity contribution is 5.38. The second kappa shape index (κ2) is 5.53. The van der Waals surface area contributed by atoms with Crippen molar-refractivity contribution in [3.05, 3.63) is 11.9 Å². The number of ether oxygens (including phenoxy) is 1. The van der Waals surface area contributed by atoms with E-state index in [4.69, 9.17) is 4.74 Å². The van der Waals surface area contributed by atoms with Crippen LogP contribution in [0, 0.1) is 0 Å². The Kier molecular flexibility index (Phi) is 4.34. The molecule has 0 aliphatic carbocycles. The van der Waals surface area contributed by atoms with Crippen LogP contribution in [0.15, 0.2) is 6.07 Å². The number of hydrogen-bond donors (Lipinski definition) is 1. The van der Waals surface area contributed by atoms with Crippen LogP contribution in [-0.4, -0.2) is 22.6 Å². The summed E-state index contributed by atoms with van der Waals surface area (Å²) in [6, 6.07) is 1.84. The van der Waals surface area contributed by atoms with E-state index >= 15 is 0 Å². The third kappa shape index (κ3) is 3.73. The summed E-state index contributed by atoms with van der Waals surface area (Å²) in [6.45, 7) is 8.89. The molecule has 1 heterocycles. The van der Waals surface area contributed by atoms with Crippen LogP contribution in [0.25, 0.3) is 0 Å². The minimum absolute atomic E-state index is 0.138. The zero-order valence-electron chi connectivity index (χ0n) is 9.87. The Labute approximate surface area is 91.1 Å². The minimum atomic E-state index is 0.138. The van der Waals surface area contributed by atoms with Gasteiger partial charge in [-0.05, 0) is 20.8 Å². The molecular formula is C11H19N3O. The van der Waals surface area contributed by atoms with E-state index in [2.05, 4.69) is 15.3 Å². The van der Waals surface area contributed by atoms with Crippen LogP contribution >= 0.6 is 0 Å². The van der Waals surface area contributed by atoms with E-state index in [0.29, 0.717) is 5.88 Å². The normalized spacial score (nSPS) is 10.5. The van der Waals surface area contributed by atoms with E-state index < -0.39 is 0 Å². The molecule has 4 nitrogen and oxygen atoms in total. The molecule has 15 heavy (non-hydrogen) atoms. The van der Waals surface area contributed by atoms with Crippen LogP contribution in [-0.2, 0) is 6.42 Å². The summed E-state index contributed by atoms with van der Waals surface area (Å²) in [6.07, 6.45) is 0.951. The summed E-state index contributed by atoms with van der Waals surface area (Å²) in [4.78, 5) is 8.65. The molecule has 0 atom stereocenters. The molecule has 1 N–H and O–H groups in total. The Morgan fingerprint density at radius 3 is 2.60 bits per heavy atom. The minimum Gasteiger partial charge on any atom is -0.475 e. The van der Waals surface area contributed by atoms with Crippen LogP contribution < -0.4 is 10.1 Å². The Morgan fingerprint density at radius 2 is 2.07 bits per heavy atom. The first-order chi connectivity index (χ1) is 7.15. The molecule has 0 bridgehead atoms. The molecule has 1 aromatic heterocycles. The molecule has 0 aromatic carbocycles. The van der Waals surface area contributed by atoms with E-state index in [1.165, 1.54) is 0 Å². The van der Waals surface area contributed by atoms with E-state index in [9.17, 15) is 0 Å². The van der Waals surface area contributed by atoms with Gasteiger partial charge in [-0.2, -0.15) is 4.98 Å². The predicted molar refractivity (Wildman–Crippen MR) is 61.3 cm³/mol. The lowest BCUT2D eigenvalue weighted by Gasteiger charge is -2.11. The molecule has 1 rings (SSSR count). The van der Waals surface area contributed by atoms with Gasteiger partial charge in [0, 0.05) is 19.0 Å². The highest BCUT2D eigenvalue weighted by Gasteiger charge is 2.05. The SMILES string of the molecule is CCNc1cc(OC(C)C)nc(CC)n1. The molecule has 0 radical (unpaired) electrons. The van der Waals surface area contributed by atoms with Gasteiger partial charge in [-0.1, -0.05) is 6.92 Å². The maximum Gasteiger partial charge on any atom is 0.218 e. The van der Waals surface area contributed by atoms with Crippen LogP contribution in [0.1, 0.15) is 33.5 Å². The van der Waals surface area contributed by atoms with Gasteiger partial charge in [0.2, 0.25) is 5.88 Å². The Balaban J connectivity index is 2.89. The summed E-state index contributed by atoms with van der Waals surface area (Å²) in [5.41, 5.74) is 0. The summed E-state index contributed by atoms with van der Waals surface area (Å²) in [5, 5.41) is 3.16. The fraction of sp³-hybridized carbons (Fsp3) is 0.636. The van der Waals surface area contributed by atoms with Crippen molar-refractivity contribution >= 4 is 5.82 Å². The average molecular weight is 209 g/mol. The first kappa shape index (κ1) is 11.8. The van der Waals surface area contributed by atoms with Gasteiger partial charge >= 0.3 is 0 Å². The summed E-state index contributed by atoms with van der Waals surface area (Å²) >= 11 is 0. The fourth-order valence-electron chi connectivity index (χ4n) is 1.20. The third-order valence-corrected chi connectivity index (χ3v) is 1.78. The molecule has 0 amide bonds. The van der Waals surface area contributed by atoms with Crippen LogP contribution in [0.5, 0.6) is 5.88 Å². The lowest BCUT2D eigenvalue weighted by atomic mass is 10.4. The smallest absolute Gasteiger partial charge is 0.218 e. The average Bonchev–Trinajstić information content (AvgIpc) is 2.16. The number of hydrogen-bond acceptors (Lipinski definition) is 4. The molecule has 0 aliphatic rings. The van der Waals surface area contributed by atoms with Gasteiger partial charge < -0.3 is 10.1 Å². The molecule has 84 valence electrons. The summed E-state index contributed by atoms with van der Waals surface area (Å²) in [5.74, 6) is 2.29. The summed E-state index contributed by atoms with van der Waals surface area (Å²) < 4.78 is 5.55. The van der Waals surface area contributed by atoms with Gasteiger partial charge in [0.05, 0.1) is 6.10 Å². The number of nitrogens with zero attached hydrogens (tertiary/aromatic N) is 2. The first-order valence-corrected chi connectivity index (χ1v) is 5.44. The van der Waals surface area contributed by atoms with E-state index in [1.54, 1.807) is 0 Å². The van der Waals surface area contributed by atoms with Crippen molar-refractivity contribution in [2.24, 2.45) is 0 Å². The molecule has 0 spiro atoms. The van der Waals surface area contributed by atoms with Crippen LogP contribution in [0.3, 0.4) is 0 Å². The van der Waals surface area contributed by atoms with Gasteiger partial charge in [0.15, 0.2) is 0 Å². The second-order valence-electron chi connectivity index (χ2n) is 3.56. The highest BCUT2D eigenvalue weighted by Crippen LogP contribution is 2.15. The second-order valence-corrected chi connectivity index (χ2v) is 3.56. The van der Waals surface area contributed by atoms with Crippen molar-refractivity contribution in [3.63, 3.8) is 0 Å². The predicted octanol–water partition coefficient (Wildman–Crippen LogP) is 2.26. The van der Waals surface area contributed by atoms with Crippen molar-refractivity contribution < 1.29 is 4.74 Å². The van der Waals surface area contributed by atoms with Crippen molar-refractivity contribution in [2.45, 2.75) is 40.2 Å². The number of nitrogens with one attached hydrogen (secondary N) is 1. The van der Waals surface area contributed by atoms with Crippen molar-refractivity contribution in [3.8, 4) is 5.88 Å². The lowest BCUT2D eigenvalue weighted by Crippen LogP contribution is -2.10. The quantitative estimate of drug-likeness (QED) is 0.808. The molecule has 0 saturated carbocycles. The number of rotatable bonds is 5. The summed E-state index contributed by atoms with van der Waals surface area (Å²) in [7, 11) is 0. The Hall–Kier alpha value is -1.32. The third-order valence-electron chi connectivity index (χ3n) is 1.78. The monoisotopic (exact) mass is 209 g/mol. The maximum absolute atomic E-state index is 5.55. The molecule has 1 aromatic rings. The van der Waals surface area contributed by atoms with Gasteiger partial charge in [0.1, 0.15) is 11.6 Å². The van der Waals surface area contributed by atoms with Gasteiger partial charge in [-0.3, -0.25) is 0 Å². The molecule has 4 heteroatoms. The Bertz CT molecular complexity index is 313. The van der Waals surface area contributed by atoms with Gasteiger partial charge in [-0.25, -0.2) is 4.98 Å². The number of anilines is 1. The molecule has 0 aliphatic heterocycles. The number of aromatic nitrogens is 2. The zero-order valence-corrected chi connectivity index (χ0v) is 9.87. The fourth-order valence-corrected chi connectivity index (χ4v) is 1.20. The van der Waals surface area contributed by atoms with Gasteiger partial charge in [0.25, 0.3) is 0 Å². The first-order valence-electron chi connectivity index (χ1n) is 5.44. The van der Waals surface area contributed by atoms with Gasteiger partial charge in [-0.15, -0.1) is 0 Å². The van der Waals surface area contributed by atoms with Crippen molar-refractivity contribution in [1.29, 1.82) is 0 Å². The standard InChI is InChI=1S/C11H19N3O/c1-5-9-13-10(12-6-2)7-11(14-9)15-8(3)4/h7-8H,5-6H2,1-4H3,(H,12,13,14). The molecule has 0 unspecified atom stereocenters. The van der Waals surface area contributed by atoms with Crippen molar-refractivity contribution in [2.75, 3.05) is 11.9 Å². The van der Waals surface area contributed by atoms with E-state index in [-0.39, 0.29) is 6.10 Å². The van der Waals surface area contributed by atoms with Crippen LogP contribution in [0.4, 0.5) is 5.82 Å². The lowest BCUT2D eigenvalue weighted by molar-refractivity contribution is 0.231. The van der Waals surface area contributed by atoms with Crippen molar-refractivity contribution in [1.82, 2.24) is 9.97 Å². The Morgan fingerprint density at radius 1 is 1.33 bits per heavy atom. The zero-order chi connectivity index (χ0) is 11.3.